The zero-order valence-corrected chi connectivity index (χ0v) is 16.7. The number of halogens is 1. The Labute approximate surface area is 174 Å². The van der Waals surface area contributed by atoms with Gasteiger partial charge in [-0.1, -0.05) is 42.5 Å². The van der Waals surface area contributed by atoms with Gasteiger partial charge in [0.05, 0.1) is 12.2 Å². The molecule has 1 atom stereocenters. The van der Waals surface area contributed by atoms with E-state index in [4.69, 9.17) is 18.6 Å². The summed E-state index contributed by atoms with van der Waals surface area (Å²) in [6.45, 7) is 2.40. The highest BCUT2D eigenvalue weighted by Crippen LogP contribution is 2.34. The summed E-state index contributed by atoms with van der Waals surface area (Å²) < 4.78 is 37.1. The minimum Gasteiger partial charge on any atom is -0.481 e. The molecule has 156 valence electrons. The maximum absolute atomic E-state index is 13.9. The molecule has 1 aliphatic rings. The number of rotatable bonds is 6. The minimum absolute atomic E-state index is 0.0267. The maximum Gasteiger partial charge on any atom is 0.294 e. The van der Waals surface area contributed by atoms with Crippen molar-refractivity contribution < 1.29 is 23.0 Å². The number of benzene rings is 2. The third-order valence-corrected chi connectivity index (χ3v) is 4.94. The lowest BCUT2D eigenvalue weighted by Crippen LogP contribution is -2.26. The standard InChI is InChI=1S/C24H23FO5/c1-16-21(26)23(28-15-17-8-3-2-4-9-17)22(18-10-7-11-19(25)14-18)30-24(16)29-20-12-5-6-13-27-20/h2-4,7-11,14,20H,5-6,12-13,15H2,1H3. The molecule has 6 heteroatoms. The molecule has 1 unspecified atom stereocenters. The summed E-state index contributed by atoms with van der Waals surface area (Å²) in [7, 11) is 0. The first-order valence-corrected chi connectivity index (χ1v) is 10.0. The van der Waals surface area contributed by atoms with Crippen LogP contribution in [0.25, 0.3) is 11.3 Å². The maximum atomic E-state index is 13.9. The normalized spacial score (nSPS) is 16.3. The fraction of sp³-hybridized carbons (Fsp3) is 0.292. The van der Waals surface area contributed by atoms with Crippen LogP contribution in [-0.4, -0.2) is 12.9 Å². The van der Waals surface area contributed by atoms with E-state index in [-0.39, 0.29) is 35.1 Å². The predicted octanol–water partition coefficient (Wildman–Crippen LogP) is 5.24. The van der Waals surface area contributed by atoms with Gasteiger partial charge >= 0.3 is 0 Å². The number of hydrogen-bond acceptors (Lipinski definition) is 5. The molecule has 2 aromatic carbocycles. The molecule has 1 aliphatic heterocycles. The summed E-state index contributed by atoms with van der Waals surface area (Å²) >= 11 is 0. The van der Waals surface area contributed by atoms with Crippen molar-refractivity contribution in [3.8, 4) is 23.0 Å². The van der Waals surface area contributed by atoms with Crippen molar-refractivity contribution in [1.29, 1.82) is 0 Å². The Hall–Kier alpha value is -3.12. The molecule has 0 radical (unpaired) electrons. The lowest BCUT2D eigenvalue weighted by molar-refractivity contribution is -0.115. The number of hydrogen-bond donors (Lipinski definition) is 0. The Morgan fingerprint density at radius 3 is 2.67 bits per heavy atom. The van der Waals surface area contributed by atoms with Crippen LogP contribution < -0.4 is 14.9 Å². The highest BCUT2D eigenvalue weighted by molar-refractivity contribution is 5.65. The zero-order chi connectivity index (χ0) is 20.9. The lowest BCUT2D eigenvalue weighted by Gasteiger charge is -2.23. The Morgan fingerprint density at radius 1 is 1.10 bits per heavy atom. The molecule has 0 spiro atoms. The van der Waals surface area contributed by atoms with E-state index in [9.17, 15) is 9.18 Å². The first kappa shape index (κ1) is 20.2. The highest BCUT2D eigenvalue weighted by Gasteiger charge is 2.24. The van der Waals surface area contributed by atoms with Crippen LogP contribution in [0.15, 0.2) is 63.8 Å². The first-order valence-electron chi connectivity index (χ1n) is 10.0. The third-order valence-electron chi connectivity index (χ3n) is 4.94. The molecule has 5 nitrogen and oxygen atoms in total. The Bertz CT molecular complexity index is 1050. The Morgan fingerprint density at radius 2 is 1.93 bits per heavy atom. The molecule has 0 amide bonds. The van der Waals surface area contributed by atoms with E-state index in [1.165, 1.54) is 12.1 Å². The number of ether oxygens (including phenoxy) is 3. The van der Waals surface area contributed by atoms with E-state index in [1.54, 1.807) is 19.1 Å². The van der Waals surface area contributed by atoms with Crippen LogP contribution in [0.5, 0.6) is 11.7 Å². The van der Waals surface area contributed by atoms with Crippen LogP contribution in [0.1, 0.15) is 30.4 Å². The molecule has 30 heavy (non-hydrogen) atoms. The molecule has 3 aromatic rings. The van der Waals surface area contributed by atoms with Gasteiger partial charge in [0.25, 0.3) is 5.95 Å². The lowest BCUT2D eigenvalue weighted by atomic mass is 10.1. The summed E-state index contributed by atoms with van der Waals surface area (Å²) in [5, 5.41) is 0. The van der Waals surface area contributed by atoms with Crippen LogP contribution in [-0.2, 0) is 11.3 Å². The molecule has 1 saturated heterocycles. The second kappa shape index (κ2) is 9.13. The molecular weight excluding hydrogens is 387 g/mol. The minimum atomic E-state index is -0.475. The van der Waals surface area contributed by atoms with Crippen molar-refractivity contribution in [2.75, 3.05) is 6.61 Å². The summed E-state index contributed by atoms with van der Waals surface area (Å²) in [5.41, 5.74) is 1.22. The molecule has 0 N–H and O–H groups in total. The van der Waals surface area contributed by atoms with Crippen LogP contribution in [0.3, 0.4) is 0 Å². The van der Waals surface area contributed by atoms with E-state index < -0.39 is 12.1 Å². The average molecular weight is 410 g/mol. The van der Waals surface area contributed by atoms with Gasteiger partial charge in [-0.05, 0) is 37.5 Å². The van der Waals surface area contributed by atoms with Crippen LogP contribution in [0, 0.1) is 12.7 Å². The van der Waals surface area contributed by atoms with Gasteiger partial charge in [-0.15, -0.1) is 0 Å². The van der Waals surface area contributed by atoms with E-state index in [2.05, 4.69) is 0 Å². The van der Waals surface area contributed by atoms with Gasteiger partial charge in [-0.2, -0.15) is 0 Å². The third kappa shape index (κ3) is 4.54. The Balaban J connectivity index is 1.73. The fourth-order valence-electron chi connectivity index (χ4n) is 3.30. The highest BCUT2D eigenvalue weighted by atomic mass is 19.1. The molecule has 0 aliphatic carbocycles. The largest absolute Gasteiger partial charge is 0.481 e. The van der Waals surface area contributed by atoms with Crippen LogP contribution in [0.2, 0.25) is 0 Å². The van der Waals surface area contributed by atoms with E-state index in [1.807, 2.05) is 30.3 Å². The second-order valence-electron chi connectivity index (χ2n) is 7.20. The van der Waals surface area contributed by atoms with Gasteiger partial charge in [-0.3, -0.25) is 4.79 Å². The quantitative estimate of drug-likeness (QED) is 0.556. The van der Waals surface area contributed by atoms with E-state index in [0.717, 1.165) is 18.4 Å². The van der Waals surface area contributed by atoms with Crippen molar-refractivity contribution in [2.45, 2.75) is 39.1 Å². The second-order valence-corrected chi connectivity index (χ2v) is 7.20. The van der Waals surface area contributed by atoms with Gasteiger partial charge in [0.2, 0.25) is 17.5 Å². The average Bonchev–Trinajstić information content (AvgIpc) is 2.77. The fourth-order valence-corrected chi connectivity index (χ4v) is 3.30. The summed E-state index contributed by atoms with van der Waals surface area (Å²) in [5.74, 6) is -0.216. The van der Waals surface area contributed by atoms with Crippen molar-refractivity contribution in [1.82, 2.24) is 0 Å². The van der Waals surface area contributed by atoms with E-state index in [0.29, 0.717) is 18.6 Å². The van der Waals surface area contributed by atoms with Crippen molar-refractivity contribution >= 4 is 0 Å². The molecule has 0 bridgehead atoms. The first-order chi connectivity index (χ1) is 14.6. The van der Waals surface area contributed by atoms with Gasteiger partial charge in [0.1, 0.15) is 12.4 Å². The molecule has 0 saturated carbocycles. The SMILES string of the molecule is Cc1c(OC2CCCCO2)oc(-c2cccc(F)c2)c(OCc2ccccc2)c1=O. The van der Waals surface area contributed by atoms with Gasteiger partial charge in [0, 0.05) is 12.0 Å². The van der Waals surface area contributed by atoms with Crippen LogP contribution >= 0.6 is 0 Å². The smallest absolute Gasteiger partial charge is 0.294 e. The van der Waals surface area contributed by atoms with Crippen molar-refractivity contribution in [3.05, 3.63) is 81.8 Å². The van der Waals surface area contributed by atoms with E-state index >= 15 is 0 Å². The van der Waals surface area contributed by atoms with Crippen molar-refractivity contribution in [2.24, 2.45) is 0 Å². The van der Waals surface area contributed by atoms with Gasteiger partial charge in [-0.25, -0.2) is 4.39 Å². The predicted molar refractivity (Wildman–Crippen MR) is 110 cm³/mol. The van der Waals surface area contributed by atoms with Crippen LogP contribution in [0.4, 0.5) is 4.39 Å². The summed E-state index contributed by atoms with van der Waals surface area (Å²) in [4.78, 5) is 13.1. The van der Waals surface area contributed by atoms with Gasteiger partial charge < -0.3 is 18.6 Å². The zero-order valence-electron chi connectivity index (χ0n) is 16.7. The monoisotopic (exact) mass is 410 g/mol. The molecule has 1 aromatic heterocycles. The summed E-state index contributed by atoms with van der Waals surface area (Å²) in [6.07, 6.45) is 2.19. The molecule has 1 fully saturated rings. The molecule has 2 heterocycles. The molecular formula is C24H23FO5. The Kier molecular flexibility index (Phi) is 6.14. The van der Waals surface area contributed by atoms with Gasteiger partial charge in [0.15, 0.2) is 5.76 Å². The molecule has 4 rings (SSSR count). The topological polar surface area (TPSA) is 57.9 Å². The summed E-state index contributed by atoms with van der Waals surface area (Å²) in [6, 6.07) is 15.3. The van der Waals surface area contributed by atoms with Crippen molar-refractivity contribution in [3.63, 3.8) is 0 Å².